The molecule has 6 heteroatoms. The summed E-state index contributed by atoms with van der Waals surface area (Å²) in [7, 11) is 4.06. The van der Waals surface area contributed by atoms with E-state index in [0.717, 1.165) is 24.5 Å². The van der Waals surface area contributed by atoms with Crippen molar-refractivity contribution in [2.24, 2.45) is 0 Å². The third kappa shape index (κ3) is 5.43. The average Bonchev–Trinajstić information content (AvgIpc) is 2.51. The average molecular weight is 352 g/mol. The molecule has 0 aromatic heterocycles. The van der Waals surface area contributed by atoms with E-state index in [0.29, 0.717) is 15.6 Å². The molecule has 0 spiro atoms. The second-order valence-corrected chi connectivity index (χ2v) is 6.20. The van der Waals surface area contributed by atoms with Crippen LogP contribution in [0.3, 0.4) is 0 Å². The smallest absolute Gasteiger partial charge is 0.255 e. The van der Waals surface area contributed by atoms with Crippen molar-refractivity contribution in [1.82, 2.24) is 4.90 Å². The predicted molar refractivity (Wildman–Crippen MR) is 97.9 cm³/mol. The first-order valence-corrected chi connectivity index (χ1v) is 7.96. The van der Waals surface area contributed by atoms with Crippen LogP contribution in [0.4, 0.5) is 11.4 Å². The molecule has 0 aliphatic carbocycles. The molecule has 0 saturated heterocycles. The SMILES string of the molecule is CN(C)CCNc1ccc(NC(=O)c2ccc(Cl)c(Cl)c2)cc1. The van der Waals surface area contributed by atoms with Crippen LogP contribution in [-0.2, 0) is 0 Å². The molecule has 2 aromatic rings. The highest BCUT2D eigenvalue weighted by Gasteiger charge is 2.08. The van der Waals surface area contributed by atoms with Gasteiger partial charge in [0.25, 0.3) is 5.91 Å². The summed E-state index contributed by atoms with van der Waals surface area (Å²) in [6.45, 7) is 1.82. The molecule has 0 heterocycles. The summed E-state index contributed by atoms with van der Waals surface area (Å²) >= 11 is 11.8. The first-order valence-electron chi connectivity index (χ1n) is 7.21. The molecule has 0 aliphatic rings. The van der Waals surface area contributed by atoms with Gasteiger partial charge in [-0.05, 0) is 56.6 Å². The second-order valence-electron chi connectivity index (χ2n) is 5.39. The molecule has 2 N–H and O–H groups in total. The van der Waals surface area contributed by atoms with Gasteiger partial charge in [0, 0.05) is 30.0 Å². The van der Waals surface area contributed by atoms with E-state index in [-0.39, 0.29) is 5.91 Å². The second kappa shape index (κ2) is 8.20. The number of nitrogens with one attached hydrogen (secondary N) is 2. The van der Waals surface area contributed by atoms with Crippen molar-refractivity contribution in [3.05, 3.63) is 58.1 Å². The Hall–Kier alpha value is -1.75. The van der Waals surface area contributed by atoms with Crippen molar-refractivity contribution in [2.75, 3.05) is 37.8 Å². The zero-order valence-electron chi connectivity index (χ0n) is 13.1. The van der Waals surface area contributed by atoms with Crippen LogP contribution in [0.2, 0.25) is 10.0 Å². The lowest BCUT2D eigenvalue weighted by atomic mass is 10.2. The monoisotopic (exact) mass is 351 g/mol. The molecule has 0 aliphatic heterocycles. The summed E-state index contributed by atoms with van der Waals surface area (Å²) in [5.41, 5.74) is 2.20. The molecule has 2 aromatic carbocycles. The third-order valence-electron chi connectivity index (χ3n) is 3.21. The Labute approximate surface area is 146 Å². The van der Waals surface area contributed by atoms with Crippen molar-refractivity contribution >= 4 is 40.5 Å². The van der Waals surface area contributed by atoms with Crippen LogP contribution in [0, 0.1) is 0 Å². The first-order chi connectivity index (χ1) is 11.0. The van der Waals surface area contributed by atoms with Gasteiger partial charge >= 0.3 is 0 Å². The summed E-state index contributed by atoms with van der Waals surface area (Å²) in [6, 6.07) is 12.4. The van der Waals surface area contributed by atoms with Gasteiger partial charge in [-0.2, -0.15) is 0 Å². The molecule has 23 heavy (non-hydrogen) atoms. The van der Waals surface area contributed by atoms with E-state index in [4.69, 9.17) is 23.2 Å². The van der Waals surface area contributed by atoms with E-state index in [9.17, 15) is 4.79 Å². The van der Waals surface area contributed by atoms with Crippen LogP contribution in [0.5, 0.6) is 0 Å². The lowest BCUT2D eigenvalue weighted by molar-refractivity contribution is 0.102. The molecule has 0 atom stereocenters. The van der Waals surface area contributed by atoms with E-state index in [1.54, 1.807) is 18.2 Å². The van der Waals surface area contributed by atoms with E-state index < -0.39 is 0 Å². The van der Waals surface area contributed by atoms with Gasteiger partial charge in [0.15, 0.2) is 0 Å². The lowest BCUT2D eigenvalue weighted by Gasteiger charge is -2.12. The molecule has 0 bridgehead atoms. The van der Waals surface area contributed by atoms with Crippen molar-refractivity contribution in [3.8, 4) is 0 Å². The highest BCUT2D eigenvalue weighted by Crippen LogP contribution is 2.23. The fourth-order valence-electron chi connectivity index (χ4n) is 1.94. The maximum Gasteiger partial charge on any atom is 0.255 e. The van der Waals surface area contributed by atoms with Crippen LogP contribution in [0.15, 0.2) is 42.5 Å². The largest absolute Gasteiger partial charge is 0.384 e. The van der Waals surface area contributed by atoms with Gasteiger partial charge in [-0.15, -0.1) is 0 Å². The van der Waals surface area contributed by atoms with Gasteiger partial charge in [0.05, 0.1) is 10.0 Å². The minimum absolute atomic E-state index is 0.225. The zero-order chi connectivity index (χ0) is 16.8. The molecule has 0 radical (unpaired) electrons. The van der Waals surface area contributed by atoms with Crippen molar-refractivity contribution in [2.45, 2.75) is 0 Å². The van der Waals surface area contributed by atoms with Crippen molar-refractivity contribution in [3.63, 3.8) is 0 Å². The fraction of sp³-hybridized carbons (Fsp3) is 0.235. The van der Waals surface area contributed by atoms with Crippen LogP contribution < -0.4 is 10.6 Å². The highest BCUT2D eigenvalue weighted by atomic mass is 35.5. The molecule has 0 fully saturated rings. The number of hydrogen-bond acceptors (Lipinski definition) is 3. The standard InChI is InChI=1S/C17H19Cl2N3O/c1-22(2)10-9-20-13-4-6-14(7-5-13)21-17(23)12-3-8-15(18)16(19)11-12/h3-8,11,20H,9-10H2,1-2H3,(H,21,23). The number of benzene rings is 2. The summed E-state index contributed by atoms with van der Waals surface area (Å²) in [5.74, 6) is -0.225. The van der Waals surface area contributed by atoms with Gasteiger partial charge < -0.3 is 15.5 Å². The number of anilines is 2. The van der Waals surface area contributed by atoms with Gasteiger partial charge in [-0.25, -0.2) is 0 Å². The summed E-state index contributed by atoms with van der Waals surface area (Å²) in [5, 5.41) is 6.93. The fourth-order valence-corrected chi connectivity index (χ4v) is 2.23. The number of rotatable bonds is 6. The van der Waals surface area contributed by atoms with Crippen LogP contribution in [0.1, 0.15) is 10.4 Å². The molecule has 4 nitrogen and oxygen atoms in total. The number of hydrogen-bond donors (Lipinski definition) is 2. The molecular formula is C17H19Cl2N3O. The van der Waals surface area contributed by atoms with E-state index in [1.807, 2.05) is 38.4 Å². The molecule has 1 amide bonds. The predicted octanol–water partition coefficient (Wildman–Crippen LogP) is 4.22. The van der Waals surface area contributed by atoms with Crippen LogP contribution in [0.25, 0.3) is 0 Å². The van der Waals surface area contributed by atoms with Gasteiger partial charge in [0.1, 0.15) is 0 Å². The molecule has 0 saturated carbocycles. The minimum Gasteiger partial charge on any atom is -0.384 e. The quantitative estimate of drug-likeness (QED) is 0.818. The number of carbonyl (C=O) groups excluding carboxylic acids is 1. The number of amides is 1. The third-order valence-corrected chi connectivity index (χ3v) is 3.95. The Kier molecular flexibility index (Phi) is 6.28. The lowest BCUT2D eigenvalue weighted by Crippen LogP contribution is -2.20. The molecule has 0 unspecified atom stereocenters. The summed E-state index contributed by atoms with van der Waals surface area (Å²) in [4.78, 5) is 14.3. The summed E-state index contributed by atoms with van der Waals surface area (Å²) in [6.07, 6.45) is 0. The number of carbonyl (C=O) groups is 1. The molecular weight excluding hydrogens is 333 g/mol. The van der Waals surface area contributed by atoms with Gasteiger partial charge in [-0.3, -0.25) is 4.79 Å². The zero-order valence-corrected chi connectivity index (χ0v) is 14.6. The Morgan fingerprint density at radius 1 is 1.00 bits per heavy atom. The van der Waals surface area contributed by atoms with E-state index in [2.05, 4.69) is 15.5 Å². The first kappa shape index (κ1) is 17.6. The normalized spacial score (nSPS) is 10.7. The maximum absolute atomic E-state index is 12.2. The Morgan fingerprint density at radius 3 is 2.26 bits per heavy atom. The van der Waals surface area contributed by atoms with E-state index >= 15 is 0 Å². The highest BCUT2D eigenvalue weighted by molar-refractivity contribution is 6.42. The Morgan fingerprint density at radius 2 is 1.65 bits per heavy atom. The summed E-state index contributed by atoms with van der Waals surface area (Å²) < 4.78 is 0. The maximum atomic E-state index is 12.2. The minimum atomic E-state index is -0.225. The van der Waals surface area contributed by atoms with Gasteiger partial charge in [-0.1, -0.05) is 23.2 Å². The van der Waals surface area contributed by atoms with E-state index in [1.165, 1.54) is 0 Å². The number of halogens is 2. The molecule has 122 valence electrons. The van der Waals surface area contributed by atoms with Crippen molar-refractivity contribution < 1.29 is 4.79 Å². The van der Waals surface area contributed by atoms with Gasteiger partial charge in [0.2, 0.25) is 0 Å². The number of nitrogens with zero attached hydrogens (tertiary/aromatic N) is 1. The van der Waals surface area contributed by atoms with Crippen LogP contribution >= 0.6 is 23.2 Å². The molecule has 2 rings (SSSR count). The number of likely N-dealkylation sites (N-methyl/N-ethyl adjacent to an activating group) is 1. The van der Waals surface area contributed by atoms with Crippen LogP contribution in [-0.4, -0.2) is 38.0 Å². The Balaban J connectivity index is 1.94. The Bertz CT molecular complexity index is 672. The van der Waals surface area contributed by atoms with Crippen molar-refractivity contribution in [1.29, 1.82) is 0 Å². The topological polar surface area (TPSA) is 44.4 Å².